The third-order valence-electron chi connectivity index (χ3n) is 3.95. The van der Waals surface area contributed by atoms with Crippen molar-refractivity contribution in [1.29, 1.82) is 0 Å². The number of carbonyl (C=O) groups is 1. The Morgan fingerprint density at radius 1 is 1.17 bits per heavy atom. The molecule has 0 unspecified atom stereocenters. The van der Waals surface area contributed by atoms with E-state index in [9.17, 15) is 13.2 Å². The zero-order valence-electron chi connectivity index (χ0n) is 13.6. The predicted molar refractivity (Wildman–Crippen MR) is 92.1 cm³/mol. The summed E-state index contributed by atoms with van der Waals surface area (Å²) in [6.45, 7) is 0.544. The van der Waals surface area contributed by atoms with Gasteiger partial charge in [0.2, 0.25) is 0 Å². The van der Waals surface area contributed by atoms with Gasteiger partial charge in [-0.05, 0) is 48.2 Å². The first-order chi connectivity index (χ1) is 11.4. The maximum absolute atomic E-state index is 12.9. The van der Waals surface area contributed by atoms with Crippen LogP contribution in [0.3, 0.4) is 0 Å². The van der Waals surface area contributed by atoms with Gasteiger partial charge in [0, 0.05) is 36.8 Å². The minimum absolute atomic E-state index is 0.0512. The molecule has 0 bridgehead atoms. The third kappa shape index (κ3) is 4.41. The van der Waals surface area contributed by atoms with E-state index in [2.05, 4.69) is 4.98 Å². The average molecular weight is 344 g/mol. The van der Waals surface area contributed by atoms with E-state index in [0.717, 1.165) is 18.4 Å². The number of pyridine rings is 1. The summed E-state index contributed by atoms with van der Waals surface area (Å²) in [5, 5.41) is 0. The normalized spacial score (nSPS) is 14.4. The van der Waals surface area contributed by atoms with Crippen LogP contribution >= 0.6 is 0 Å². The first-order valence-electron chi connectivity index (χ1n) is 7.89. The molecule has 0 N–H and O–H groups in total. The molecule has 1 amide bonds. The fourth-order valence-corrected chi connectivity index (χ4v) is 3.49. The standard InChI is InChI=1S/C18H20N2O3S/c1-24(22,23)13-15-3-2-4-16(11-15)18(21)20(17-5-6-17)12-14-7-9-19-10-8-14/h2-4,7-11,17H,5-6,12-13H2,1H3. The molecule has 0 aliphatic heterocycles. The van der Waals surface area contributed by atoms with Crippen LogP contribution in [-0.4, -0.2) is 36.5 Å². The Kier molecular flexibility index (Phi) is 4.66. The monoisotopic (exact) mass is 344 g/mol. The molecule has 1 aliphatic rings. The number of hydrogen-bond donors (Lipinski definition) is 0. The van der Waals surface area contributed by atoms with Gasteiger partial charge in [0.15, 0.2) is 9.84 Å². The van der Waals surface area contributed by atoms with Crippen molar-refractivity contribution in [3.8, 4) is 0 Å². The van der Waals surface area contributed by atoms with Crippen molar-refractivity contribution in [2.45, 2.75) is 31.2 Å². The minimum Gasteiger partial charge on any atom is -0.331 e. The highest BCUT2D eigenvalue weighted by Gasteiger charge is 2.33. The summed E-state index contributed by atoms with van der Waals surface area (Å²) in [4.78, 5) is 18.8. The van der Waals surface area contributed by atoms with E-state index in [4.69, 9.17) is 0 Å². The number of carbonyl (C=O) groups excluding carboxylic acids is 1. The van der Waals surface area contributed by atoms with Gasteiger partial charge in [-0.2, -0.15) is 0 Å². The lowest BCUT2D eigenvalue weighted by Crippen LogP contribution is -2.32. The number of nitrogens with zero attached hydrogens (tertiary/aromatic N) is 2. The molecule has 1 aromatic carbocycles. The number of aromatic nitrogens is 1. The van der Waals surface area contributed by atoms with E-state index in [1.165, 1.54) is 6.26 Å². The Labute approximate surface area is 142 Å². The van der Waals surface area contributed by atoms with E-state index < -0.39 is 9.84 Å². The summed E-state index contributed by atoms with van der Waals surface area (Å²) >= 11 is 0. The van der Waals surface area contributed by atoms with Crippen LogP contribution in [0.1, 0.15) is 34.3 Å². The number of rotatable bonds is 6. The van der Waals surface area contributed by atoms with Gasteiger partial charge in [0.1, 0.15) is 0 Å². The molecule has 24 heavy (non-hydrogen) atoms. The summed E-state index contributed by atoms with van der Waals surface area (Å²) in [7, 11) is -3.12. The highest BCUT2D eigenvalue weighted by atomic mass is 32.2. The fourth-order valence-electron chi connectivity index (χ4n) is 2.70. The molecule has 1 aliphatic carbocycles. The van der Waals surface area contributed by atoms with E-state index in [0.29, 0.717) is 17.7 Å². The van der Waals surface area contributed by atoms with Crippen molar-refractivity contribution < 1.29 is 13.2 Å². The molecule has 1 saturated carbocycles. The highest BCUT2D eigenvalue weighted by molar-refractivity contribution is 7.89. The molecule has 3 rings (SSSR count). The van der Waals surface area contributed by atoms with E-state index in [-0.39, 0.29) is 17.7 Å². The maximum Gasteiger partial charge on any atom is 0.254 e. The minimum atomic E-state index is -3.12. The van der Waals surface area contributed by atoms with Crippen molar-refractivity contribution in [1.82, 2.24) is 9.88 Å². The lowest BCUT2D eigenvalue weighted by Gasteiger charge is -2.23. The number of sulfone groups is 1. The van der Waals surface area contributed by atoms with E-state index in [1.807, 2.05) is 17.0 Å². The second kappa shape index (κ2) is 6.73. The second-order valence-electron chi connectivity index (χ2n) is 6.29. The summed E-state index contributed by atoms with van der Waals surface area (Å²) < 4.78 is 22.9. The van der Waals surface area contributed by atoms with E-state index >= 15 is 0 Å². The maximum atomic E-state index is 12.9. The SMILES string of the molecule is CS(=O)(=O)Cc1cccc(C(=O)N(Cc2ccncc2)C2CC2)c1. The summed E-state index contributed by atoms with van der Waals surface area (Å²) in [5.41, 5.74) is 2.22. The van der Waals surface area contributed by atoms with Gasteiger partial charge in [-0.25, -0.2) is 8.42 Å². The lowest BCUT2D eigenvalue weighted by atomic mass is 10.1. The van der Waals surface area contributed by atoms with Crippen molar-refractivity contribution in [3.63, 3.8) is 0 Å². The second-order valence-corrected chi connectivity index (χ2v) is 8.43. The largest absolute Gasteiger partial charge is 0.331 e. The van der Waals surface area contributed by atoms with Crippen LogP contribution in [-0.2, 0) is 22.1 Å². The molecule has 1 heterocycles. The summed E-state index contributed by atoms with van der Waals surface area (Å²) in [6.07, 6.45) is 6.66. The molecule has 5 nitrogen and oxygen atoms in total. The lowest BCUT2D eigenvalue weighted by molar-refractivity contribution is 0.0729. The number of amides is 1. The summed E-state index contributed by atoms with van der Waals surface area (Å²) in [6, 6.07) is 11.0. The molecule has 1 aromatic heterocycles. The molecule has 2 aromatic rings. The van der Waals surface area contributed by atoms with Crippen molar-refractivity contribution in [3.05, 3.63) is 65.5 Å². The first kappa shape index (κ1) is 16.6. The third-order valence-corrected chi connectivity index (χ3v) is 4.81. The van der Waals surface area contributed by atoms with Gasteiger partial charge in [0.25, 0.3) is 5.91 Å². The molecule has 1 fully saturated rings. The molecular weight excluding hydrogens is 324 g/mol. The summed E-state index contributed by atoms with van der Waals surface area (Å²) in [5.74, 6) is -0.105. The smallest absolute Gasteiger partial charge is 0.254 e. The molecule has 0 atom stereocenters. The zero-order chi connectivity index (χ0) is 17.2. The predicted octanol–water partition coefficient (Wildman–Crippen LogP) is 2.43. The van der Waals surface area contributed by atoms with Gasteiger partial charge in [0.05, 0.1) is 5.75 Å². The molecule has 0 radical (unpaired) electrons. The Balaban J connectivity index is 1.81. The van der Waals surface area contributed by atoms with Crippen LogP contribution in [0.5, 0.6) is 0 Å². The number of benzene rings is 1. The molecular formula is C18H20N2O3S. The van der Waals surface area contributed by atoms with Crippen molar-refractivity contribution >= 4 is 15.7 Å². The van der Waals surface area contributed by atoms with Gasteiger partial charge in [-0.15, -0.1) is 0 Å². The van der Waals surface area contributed by atoms with Gasteiger partial charge < -0.3 is 4.90 Å². The van der Waals surface area contributed by atoms with Gasteiger partial charge in [-0.1, -0.05) is 12.1 Å². The van der Waals surface area contributed by atoms with Crippen molar-refractivity contribution in [2.75, 3.05) is 6.26 Å². The molecule has 126 valence electrons. The van der Waals surface area contributed by atoms with E-state index in [1.54, 1.807) is 36.7 Å². The Hall–Kier alpha value is -2.21. The Morgan fingerprint density at radius 2 is 1.88 bits per heavy atom. The van der Waals surface area contributed by atoms with Crippen molar-refractivity contribution in [2.24, 2.45) is 0 Å². The van der Waals surface area contributed by atoms with Gasteiger partial charge >= 0.3 is 0 Å². The van der Waals surface area contributed by atoms with Crippen LogP contribution in [0, 0.1) is 0 Å². The van der Waals surface area contributed by atoms with Crippen LogP contribution in [0.25, 0.3) is 0 Å². The van der Waals surface area contributed by atoms with Crippen LogP contribution in [0.4, 0.5) is 0 Å². The first-order valence-corrected chi connectivity index (χ1v) is 9.95. The quantitative estimate of drug-likeness (QED) is 0.807. The van der Waals surface area contributed by atoms with Crippen LogP contribution < -0.4 is 0 Å². The Morgan fingerprint density at radius 3 is 2.50 bits per heavy atom. The molecule has 6 heteroatoms. The van der Waals surface area contributed by atoms with Crippen LogP contribution in [0.15, 0.2) is 48.8 Å². The Bertz CT molecular complexity index is 830. The zero-order valence-corrected chi connectivity index (χ0v) is 14.4. The topological polar surface area (TPSA) is 67.3 Å². The molecule has 0 saturated heterocycles. The highest BCUT2D eigenvalue weighted by Crippen LogP contribution is 2.30. The average Bonchev–Trinajstić information content (AvgIpc) is 3.36. The van der Waals surface area contributed by atoms with Gasteiger partial charge in [-0.3, -0.25) is 9.78 Å². The molecule has 0 spiro atoms. The fraction of sp³-hybridized carbons (Fsp3) is 0.333. The van der Waals surface area contributed by atoms with Crippen LogP contribution in [0.2, 0.25) is 0 Å². The number of hydrogen-bond acceptors (Lipinski definition) is 4.